The first-order valence-corrected chi connectivity index (χ1v) is 15.0. The van der Waals surface area contributed by atoms with E-state index < -0.39 is 6.04 Å². The van der Waals surface area contributed by atoms with Gasteiger partial charge in [0.25, 0.3) is 0 Å². The molecule has 0 bridgehead atoms. The summed E-state index contributed by atoms with van der Waals surface area (Å²) in [5.41, 5.74) is 5.63. The van der Waals surface area contributed by atoms with Crippen LogP contribution < -0.4 is 15.4 Å². The summed E-state index contributed by atoms with van der Waals surface area (Å²) in [4.78, 5) is 20.2. The Balaban J connectivity index is 1.25. The molecular formula is C35H35N7O2. The molecule has 0 saturated heterocycles. The first-order chi connectivity index (χ1) is 21.7. The summed E-state index contributed by atoms with van der Waals surface area (Å²) in [5.74, 6) is 2.33. The summed E-state index contributed by atoms with van der Waals surface area (Å²) in [6.45, 7) is 1.24. The van der Waals surface area contributed by atoms with Gasteiger partial charge in [-0.1, -0.05) is 60.7 Å². The number of aryl methyl sites for hydroxylation is 2. The number of para-hydroxylation sites is 2. The third kappa shape index (κ3) is 5.61. The summed E-state index contributed by atoms with van der Waals surface area (Å²) in [6, 6.07) is 23.9. The van der Waals surface area contributed by atoms with Crippen LogP contribution in [0.25, 0.3) is 21.8 Å². The average Bonchev–Trinajstić information content (AvgIpc) is 3.88. The Morgan fingerprint density at radius 2 is 1.64 bits per heavy atom. The molecule has 1 aliphatic heterocycles. The number of aromatic amines is 2. The second-order valence-electron chi connectivity index (χ2n) is 11.2. The molecule has 0 spiro atoms. The normalized spacial score (nSPS) is 15.2. The van der Waals surface area contributed by atoms with Crippen molar-refractivity contribution >= 4 is 27.7 Å². The fraction of sp³-hybridized carbons (Fsp3) is 0.229. The van der Waals surface area contributed by atoms with E-state index in [2.05, 4.69) is 73.8 Å². The fourth-order valence-electron chi connectivity index (χ4n) is 6.10. The Morgan fingerprint density at radius 1 is 0.932 bits per heavy atom. The lowest BCUT2D eigenvalue weighted by Gasteiger charge is -2.22. The first kappa shape index (κ1) is 27.7. The maximum Gasteiger partial charge on any atom is 0.241 e. The molecule has 1 unspecified atom stereocenters. The molecule has 0 radical (unpaired) electrons. The second-order valence-corrected chi connectivity index (χ2v) is 11.2. The average molecular weight is 586 g/mol. The molecule has 9 nitrogen and oxygen atoms in total. The van der Waals surface area contributed by atoms with Gasteiger partial charge in [-0.05, 0) is 47.4 Å². The Kier molecular flexibility index (Phi) is 7.69. The van der Waals surface area contributed by atoms with Crippen LogP contribution in [0.15, 0.2) is 97.3 Å². The van der Waals surface area contributed by atoms with E-state index in [-0.39, 0.29) is 11.9 Å². The fourth-order valence-corrected chi connectivity index (χ4v) is 6.10. The third-order valence-corrected chi connectivity index (χ3v) is 8.44. The van der Waals surface area contributed by atoms with Crippen molar-refractivity contribution in [1.82, 2.24) is 35.4 Å². The summed E-state index contributed by atoms with van der Waals surface area (Å²) in [5, 5.41) is 18.4. The number of fused-ring (bicyclic) bond motifs is 2. The van der Waals surface area contributed by atoms with Gasteiger partial charge in [-0.15, -0.1) is 10.2 Å². The molecule has 3 aromatic carbocycles. The van der Waals surface area contributed by atoms with Crippen LogP contribution in [0, 0.1) is 0 Å². The summed E-state index contributed by atoms with van der Waals surface area (Å²) in [7, 11) is 1.67. The molecule has 3 aromatic heterocycles. The van der Waals surface area contributed by atoms with Crippen molar-refractivity contribution in [2.24, 2.45) is 0 Å². The summed E-state index contributed by atoms with van der Waals surface area (Å²) < 4.78 is 7.57. The molecule has 4 heterocycles. The molecular weight excluding hydrogens is 550 g/mol. The van der Waals surface area contributed by atoms with Gasteiger partial charge in [-0.2, -0.15) is 0 Å². The number of methoxy groups -OCH3 is 1. The molecule has 0 fully saturated rings. The van der Waals surface area contributed by atoms with Gasteiger partial charge in [0.1, 0.15) is 17.6 Å². The van der Waals surface area contributed by atoms with Crippen molar-refractivity contribution in [2.75, 3.05) is 13.7 Å². The highest BCUT2D eigenvalue weighted by Gasteiger charge is 2.28. The van der Waals surface area contributed by atoms with Crippen molar-refractivity contribution in [3.05, 3.63) is 126 Å². The lowest BCUT2D eigenvalue weighted by atomic mass is 10.0. The number of nitrogens with zero attached hydrogens (tertiary/aromatic N) is 3. The second kappa shape index (κ2) is 12.2. The molecule has 7 rings (SSSR count). The maximum absolute atomic E-state index is 13.5. The lowest BCUT2D eigenvalue weighted by Crippen LogP contribution is -2.43. The minimum absolute atomic E-state index is 0.0806. The smallest absolute Gasteiger partial charge is 0.241 e. The van der Waals surface area contributed by atoms with Crippen LogP contribution in [0.1, 0.15) is 34.4 Å². The largest absolute Gasteiger partial charge is 0.497 e. The Bertz CT molecular complexity index is 1930. The number of hydrogen-bond acceptors (Lipinski definition) is 5. The van der Waals surface area contributed by atoms with E-state index >= 15 is 0 Å². The number of amides is 1. The van der Waals surface area contributed by atoms with E-state index in [4.69, 9.17) is 14.9 Å². The van der Waals surface area contributed by atoms with Gasteiger partial charge in [-0.3, -0.25) is 10.1 Å². The van der Waals surface area contributed by atoms with Crippen LogP contribution in [-0.4, -0.2) is 50.3 Å². The SMILES string of the molecule is COc1ccc(Cn2c(CCc3c[nH]c4ccccc34)nnc2C(Cc2c[nH]c3ccccc23)NC(=O)[C@@H]2C=CCN2)cc1. The van der Waals surface area contributed by atoms with Gasteiger partial charge in [0.15, 0.2) is 5.82 Å². The topological polar surface area (TPSA) is 113 Å². The molecule has 44 heavy (non-hydrogen) atoms. The number of H-pyrrole nitrogens is 2. The van der Waals surface area contributed by atoms with Gasteiger partial charge in [-0.25, -0.2) is 0 Å². The van der Waals surface area contributed by atoms with E-state index in [0.717, 1.165) is 51.4 Å². The van der Waals surface area contributed by atoms with E-state index in [1.807, 2.05) is 48.7 Å². The number of aromatic nitrogens is 5. The zero-order valence-corrected chi connectivity index (χ0v) is 24.6. The van der Waals surface area contributed by atoms with Crippen LogP contribution in [0.3, 0.4) is 0 Å². The molecule has 222 valence electrons. The van der Waals surface area contributed by atoms with Crippen molar-refractivity contribution in [3.63, 3.8) is 0 Å². The molecule has 1 aliphatic rings. The monoisotopic (exact) mass is 585 g/mol. The molecule has 0 aliphatic carbocycles. The molecule has 6 aromatic rings. The van der Waals surface area contributed by atoms with Crippen LogP contribution >= 0.6 is 0 Å². The summed E-state index contributed by atoms with van der Waals surface area (Å²) >= 11 is 0. The van der Waals surface area contributed by atoms with E-state index in [1.165, 1.54) is 10.9 Å². The highest BCUT2D eigenvalue weighted by atomic mass is 16.5. The van der Waals surface area contributed by atoms with Gasteiger partial charge in [0.05, 0.1) is 19.7 Å². The highest BCUT2D eigenvalue weighted by molar-refractivity contribution is 5.85. The predicted molar refractivity (Wildman–Crippen MR) is 172 cm³/mol. The molecule has 1 amide bonds. The minimum atomic E-state index is -0.398. The highest BCUT2D eigenvalue weighted by Crippen LogP contribution is 2.27. The number of carbonyl (C=O) groups excluding carboxylic acids is 1. The third-order valence-electron chi connectivity index (χ3n) is 8.44. The zero-order chi connectivity index (χ0) is 29.9. The van der Waals surface area contributed by atoms with Gasteiger partial charge >= 0.3 is 0 Å². The molecule has 9 heteroatoms. The lowest BCUT2D eigenvalue weighted by molar-refractivity contribution is -0.122. The van der Waals surface area contributed by atoms with Gasteiger partial charge < -0.3 is 24.6 Å². The number of ether oxygens (including phenoxy) is 1. The summed E-state index contributed by atoms with van der Waals surface area (Å²) in [6.07, 6.45) is 10.1. The number of carbonyl (C=O) groups is 1. The number of benzene rings is 3. The first-order valence-electron chi connectivity index (χ1n) is 15.0. The molecule has 4 N–H and O–H groups in total. The van der Waals surface area contributed by atoms with Crippen LogP contribution in [0.4, 0.5) is 0 Å². The number of rotatable bonds is 11. The van der Waals surface area contributed by atoms with E-state index in [9.17, 15) is 4.79 Å². The van der Waals surface area contributed by atoms with Gasteiger partial charge in [0, 0.05) is 53.6 Å². The predicted octanol–water partition coefficient (Wildman–Crippen LogP) is 5.01. The molecule has 2 atom stereocenters. The van der Waals surface area contributed by atoms with E-state index in [1.54, 1.807) is 7.11 Å². The van der Waals surface area contributed by atoms with Crippen LogP contribution in [0.2, 0.25) is 0 Å². The van der Waals surface area contributed by atoms with Crippen molar-refractivity contribution in [2.45, 2.75) is 37.9 Å². The van der Waals surface area contributed by atoms with Crippen molar-refractivity contribution < 1.29 is 9.53 Å². The van der Waals surface area contributed by atoms with Crippen molar-refractivity contribution in [3.8, 4) is 5.75 Å². The maximum atomic E-state index is 13.5. The Morgan fingerprint density at radius 3 is 2.34 bits per heavy atom. The number of hydrogen-bond donors (Lipinski definition) is 4. The minimum Gasteiger partial charge on any atom is -0.497 e. The van der Waals surface area contributed by atoms with Crippen molar-refractivity contribution in [1.29, 1.82) is 0 Å². The van der Waals surface area contributed by atoms with Gasteiger partial charge in [0.2, 0.25) is 5.91 Å². The zero-order valence-electron chi connectivity index (χ0n) is 24.6. The quantitative estimate of drug-likeness (QED) is 0.160. The molecule has 0 saturated carbocycles. The standard InChI is InChI=1S/C35H35N7O2/c1-44-26-15-12-23(13-16-26)22-42-33(17-14-24-20-37-29-9-4-2-7-27(24)29)40-41-34(42)32(39-35(43)31-11-6-18-36-31)19-25-21-38-30-10-5-3-8-28(25)30/h2-13,15-16,20-21,31-32,36-38H,14,17-19,22H2,1H3,(H,39,43)/t31-,32?/m0/s1. The van der Waals surface area contributed by atoms with E-state index in [0.29, 0.717) is 25.9 Å². The van der Waals surface area contributed by atoms with Crippen LogP contribution in [-0.2, 0) is 30.6 Å². The number of nitrogens with one attached hydrogen (secondary N) is 4. The Labute approximate surface area is 255 Å². The van der Waals surface area contributed by atoms with Crippen LogP contribution in [0.5, 0.6) is 5.75 Å². The Hall–Kier alpha value is -5.15.